The first-order valence-corrected chi connectivity index (χ1v) is 6.27. The third-order valence-corrected chi connectivity index (χ3v) is 2.43. The zero-order valence-corrected chi connectivity index (χ0v) is 12.3. The summed E-state index contributed by atoms with van der Waals surface area (Å²) in [5, 5.41) is 0. The first-order chi connectivity index (χ1) is 9.63. The van der Waals surface area contributed by atoms with Crippen molar-refractivity contribution in [2.24, 2.45) is 0 Å². The first-order valence-electron chi connectivity index (χ1n) is 6.27. The van der Waals surface area contributed by atoms with Crippen molar-refractivity contribution >= 4 is 11.9 Å². The number of rotatable bonds is 11. The molecule has 0 saturated carbocycles. The molecular formula is C13H23NO6. The number of methoxy groups -OCH3 is 3. The molecule has 0 atom stereocenters. The molecule has 0 aromatic rings. The summed E-state index contributed by atoms with van der Waals surface area (Å²) in [5.74, 6) is -1.17. The Bertz CT molecular complexity index is 297. The van der Waals surface area contributed by atoms with Gasteiger partial charge in [0.05, 0.1) is 20.3 Å². The Kier molecular flexibility index (Phi) is 11.7. The molecule has 0 N–H and O–H groups in total. The van der Waals surface area contributed by atoms with Gasteiger partial charge in [-0.15, -0.1) is 0 Å². The Balaban J connectivity index is 3.93. The van der Waals surface area contributed by atoms with Crippen molar-refractivity contribution in [2.45, 2.75) is 0 Å². The maximum Gasteiger partial charge on any atom is 0.331 e. The normalized spacial score (nSPS) is 11.0. The number of carbonyl (C=O) groups is 2. The fourth-order valence-corrected chi connectivity index (χ4v) is 1.30. The number of hydrogen-bond donors (Lipinski definition) is 0. The lowest BCUT2D eigenvalue weighted by atomic mass is 10.4. The molecule has 0 aliphatic heterocycles. The predicted octanol–water partition coefficient (Wildman–Crippen LogP) is -0.146. The molecule has 0 spiro atoms. The molecule has 0 aliphatic rings. The summed E-state index contributed by atoms with van der Waals surface area (Å²) < 4.78 is 19.3. The van der Waals surface area contributed by atoms with Crippen LogP contribution in [0.5, 0.6) is 0 Å². The minimum Gasteiger partial charge on any atom is -0.466 e. The molecule has 0 aromatic heterocycles. The molecule has 7 heteroatoms. The molecule has 7 nitrogen and oxygen atoms in total. The predicted molar refractivity (Wildman–Crippen MR) is 72.3 cm³/mol. The third-order valence-electron chi connectivity index (χ3n) is 2.43. The standard InChI is InChI=1S/C13H23NO6/c1-17-9-6-14(7-10-18-2)8-11-20-13(16)5-4-12(15)19-3/h4-5H,6-11H2,1-3H3. The summed E-state index contributed by atoms with van der Waals surface area (Å²) in [7, 11) is 4.50. The van der Waals surface area contributed by atoms with Gasteiger partial charge >= 0.3 is 11.9 Å². The zero-order valence-electron chi connectivity index (χ0n) is 12.3. The monoisotopic (exact) mass is 289 g/mol. The van der Waals surface area contributed by atoms with Crippen molar-refractivity contribution in [1.29, 1.82) is 0 Å². The highest BCUT2D eigenvalue weighted by atomic mass is 16.5. The molecule has 0 radical (unpaired) electrons. The van der Waals surface area contributed by atoms with E-state index in [0.717, 1.165) is 25.2 Å². The van der Waals surface area contributed by atoms with Gasteiger partial charge in [0.2, 0.25) is 0 Å². The zero-order chi connectivity index (χ0) is 15.2. The van der Waals surface area contributed by atoms with Crippen LogP contribution in [0.2, 0.25) is 0 Å². The summed E-state index contributed by atoms with van der Waals surface area (Å²) in [6, 6.07) is 0. The van der Waals surface area contributed by atoms with Crippen molar-refractivity contribution in [2.75, 3.05) is 60.8 Å². The van der Waals surface area contributed by atoms with Gasteiger partial charge in [0, 0.05) is 46.0 Å². The Hall–Kier alpha value is -1.44. The highest BCUT2D eigenvalue weighted by Gasteiger charge is 2.06. The summed E-state index contributed by atoms with van der Waals surface area (Å²) in [6.45, 7) is 3.47. The van der Waals surface area contributed by atoms with Crippen LogP contribution in [0.15, 0.2) is 12.2 Å². The van der Waals surface area contributed by atoms with Crippen LogP contribution >= 0.6 is 0 Å². The molecule has 0 unspecified atom stereocenters. The second-order valence-corrected chi connectivity index (χ2v) is 3.85. The second kappa shape index (κ2) is 12.6. The van der Waals surface area contributed by atoms with E-state index >= 15 is 0 Å². The summed E-state index contributed by atoms with van der Waals surface area (Å²) in [6.07, 6.45) is 2.07. The van der Waals surface area contributed by atoms with Crippen molar-refractivity contribution in [3.8, 4) is 0 Å². The molecule has 0 aromatic carbocycles. The van der Waals surface area contributed by atoms with Gasteiger partial charge in [-0.25, -0.2) is 9.59 Å². The van der Waals surface area contributed by atoms with Gasteiger partial charge in [-0.2, -0.15) is 0 Å². The molecule has 0 fully saturated rings. The Labute approximate surface area is 119 Å². The van der Waals surface area contributed by atoms with E-state index < -0.39 is 11.9 Å². The molecule has 0 heterocycles. The molecule has 0 amide bonds. The number of esters is 2. The maximum atomic E-state index is 11.3. The van der Waals surface area contributed by atoms with Crippen LogP contribution in [-0.4, -0.2) is 77.6 Å². The van der Waals surface area contributed by atoms with Crippen LogP contribution in [0.1, 0.15) is 0 Å². The van der Waals surface area contributed by atoms with E-state index in [0.29, 0.717) is 19.8 Å². The highest BCUT2D eigenvalue weighted by Crippen LogP contribution is 1.91. The molecule has 0 aliphatic carbocycles. The number of ether oxygens (including phenoxy) is 4. The lowest BCUT2D eigenvalue weighted by molar-refractivity contribution is -0.139. The van der Waals surface area contributed by atoms with Gasteiger partial charge in [-0.3, -0.25) is 4.90 Å². The summed E-state index contributed by atoms with van der Waals surface area (Å²) in [4.78, 5) is 24.1. The van der Waals surface area contributed by atoms with Crippen LogP contribution in [0.25, 0.3) is 0 Å². The summed E-state index contributed by atoms with van der Waals surface area (Å²) in [5.41, 5.74) is 0. The summed E-state index contributed by atoms with van der Waals surface area (Å²) >= 11 is 0. The van der Waals surface area contributed by atoms with Gasteiger partial charge < -0.3 is 18.9 Å². The van der Waals surface area contributed by atoms with Gasteiger partial charge in [0.1, 0.15) is 6.61 Å². The van der Waals surface area contributed by atoms with Crippen LogP contribution in [0.4, 0.5) is 0 Å². The van der Waals surface area contributed by atoms with Crippen LogP contribution in [0.3, 0.4) is 0 Å². The average molecular weight is 289 g/mol. The van der Waals surface area contributed by atoms with E-state index in [1.807, 2.05) is 0 Å². The van der Waals surface area contributed by atoms with E-state index in [1.165, 1.54) is 7.11 Å². The largest absolute Gasteiger partial charge is 0.466 e. The van der Waals surface area contributed by atoms with Crippen molar-refractivity contribution in [3.63, 3.8) is 0 Å². The topological polar surface area (TPSA) is 74.3 Å². The number of hydrogen-bond acceptors (Lipinski definition) is 7. The van der Waals surface area contributed by atoms with Crippen LogP contribution < -0.4 is 0 Å². The maximum absolute atomic E-state index is 11.3. The Morgan fingerprint density at radius 1 is 0.850 bits per heavy atom. The van der Waals surface area contributed by atoms with Crippen molar-refractivity contribution in [3.05, 3.63) is 12.2 Å². The minimum absolute atomic E-state index is 0.234. The number of carbonyl (C=O) groups excluding carboxylic acids is 2. The van der Waals surface area contributed by atoms with Gasteiger partial charge in [-0.05, 0) is 0 Å². The molecule has 0 rings (SSSR count). The average Bonchev–Trinajstić information content (AvgIpc) is 2.46. The molecular weight excluding hydrogens is 266 g/mol. The van der Waals surface area contributed by atoms with Crippen LogP contribution in [-0.2, 0) is 28.5 Å². The third kappa shape index (κ3) is 10.5. The molecule has 0 bridgehead atoms. The molecule has 0 saturated heterocycles. The van der Waals surface area contributed by atoms with E-state index in [-0.39, 0.29) is 6.61 Å². The second-order valence-electron chi connectivity index (χ2n) is 3.85. The quantitative estimate of drug-likeness (QED) is 0.387. The van der Waals surface area contributed by atoms with Gasteiger partial charge in [0.15, 0.2) is 0 Å². The fraction of sp³-hybridized carbons (Fsp3) is 0.692. The van der Waals surface area contributed by atoms with E-state index in [4.69, 9.17) is 14.2 Å². The highest BCUT2D eigenvalue weighted by molar-refractivity contribution is 5.91. The van der Waals surface area contributed by atoms with E-state index in [1.54, 1.807) is 14.2 Å². The van der Waals surface area contributed by atoms with Crippen molar-refractivity contribution < 1.29 is 28.5 Å². The lowest BCUT2D eigenvalue weighted by Crippen LogP contribution is -2.34. The van der Waals surface area contributed by atoms with Gasteiger partial charge in [0.25, 0.3) is 0 Å². The fourth-order valence-electron chi connectivity index (χ4n) is 1.30. The Morgan fingerprint density at radius 3 is 1.85 bits per heavy atom. The smallest absolute Gasteiger partial charge is 0.331 e. The molecule has 20 heavy (non-hydrogen) atoms. The molecule has 116 valence electrons. The number of nitrogens with zero attached hydrogens (tertiary/aromatic N) is 1. The van der Waals surface area contributed by atoms with Crippen molar-refractivity contribution in [1.82, 2.24) is 4.90 Å². The van der Waals surface area contributed by atoms with E-state index in [9.17, 15) is 9.59 Å². The van der Waals surface area contributed by atoms with E-state index in [2.05, 4.69) is 9.64 Å². The van der Waals surface area contributed by atoms with Gasteiger partial charge in [-0.1, -0.05) is 0 Å². The minimum atomic E-state index is -0.594. The van der Waals surface area contributed by atoms with Crippen LogP contribution in [0, 0.1) is 0 Å². The first kappa shape index (κ1) is 18.6. The Morgan fingerprint density at radius 2 is 1.35 bits per heavy atom. The SMILES string of the molecule is COCCN(CCOC)CCOC(=O)C=CC(=O)OC. The lowest BCUT2D eigenvalue weighted by Gasteiger charge is -2.20.